The second-order valence-electron chi connectivity index (χ2n) is 13.3. The first-order valence-corrected chi connectivity index (χ1v) is 14.2. The molecule has 38 heavy (non-hydrogen) atoms. The molecule has 11 atom stereocenters. The van der Waals surface area contributed by atoms with E-state index in [4.69, 9.17) is 4.74 Å². The zero-order valence-corrected chi connectivity index (χ0v) is 22.1. The van der Waals surface area contributed by atoms with Gasteiger partial charge < -0.3 is 20.1 Å². The van der Waals surface area contributed by atoms with Crippen molar-refractivity contribution in [2.75, 3.05) is 6.61 Å². The number of aliphatic carboxylic acids is 1. The normalized spacial score (nSPS) is 48.6. The van der Waals surface area contributed by atoms with Crippen molar-refractivity contribution in [3.63, 3.8) is 0 Å². The van der Waals surface area contributed by atoms with Gasteiger partial charge in [0.15, 0.2) is 12.4 Å². The number of fused-ring (bicyclic) bond motifs is 7. The molecule has 0 spiro atoms. The van der Waals surface area contributed by atoms with E-state index in [0.29, 0.717) is 25.7 Å². The first-order valence-electron chi connectivity index (χ1n) is 14.2. The van der Waals surface area contributed by atoms with Crippen LogP contribution in [0.5, 0.6) is 0 Å². The van der Waals surface area contributed by atoms with E-state index >= 15 is 0 Å². The maximum absolute atomic E-state index is 13.5. The number of carboxylic acid groups (broad SMARTS) is 1. The lowest BCUT2D eigenvalue weighted by molar-refractivity contribution is -0.185. The van der Waals surface area contributed by atoms with Crippen LogP contribution in [-0.2, 0) is 23.9 Å². The summed E-state index contributed by atoms with van der Waals surface area (Å²) in [6, 6.07) is 0. The predicted molar refractivity (Wildman–Crippen MR) is 134 cm³/mol. The van der Waals surface area contributed by atoms with Gasteiger partial charge in [0, 0.05) is 11.8 Å². The minimum atomic E-state index is -1.73. The summed E-state index contributed by atoms with van der Waals surface area (Å²) in [5.41, 5.74) is -1.72. The number of Topliss-reactive ketones (excluding diaryl/α,β-unsaturated/α-hetero) is 1. The summed E-state index contributed by atoms with van der Waals surface area (Å²) >= 11 is 0. The highest BCUT2D eigenvalue weighted by atomic mass is 16.5. The highest BCUT2D eigenvalue weighted by Gasteiger charge is 2.68. The smallest absolute Gasteiger partial charge is 0.310 e. The van der Waals surface area contributed by atoms with Gasteiger partial charge in [-0.05, 0) is 86.0 Å². The standard InChI is InChI=1S/C30H38O8/c1-28-9-7-18(31)12-17(28)5-6-19-20-8-10-30(37,29(20,2)13-21(32)25(19)28)22(33)14-38-27(36)24-16-4-3-15(11-16)23(24)26(34)35/h3-4,12,15-16,19-21,23-25,32,37H,5-11,13-14H2,1-2H3,(H,34,35). The van der Waals surface area contributed by atoms with Crippen molar-refractivity contribution in [3.05, 3.63) is 23.8 Å². The molecule has 0 saturated heterocycles. The van der Waals surface area contributed by atoms with Gasteiger partial charge in [-0.1, -0.05) is 31.6 Å². The number of hydrogen-bond acceptors (Lipinski definition) is 7. The molecule has 0 radical (unpaired) electrons. The fourth-order valence-electron chi connectivity index (χ4n) is 9.98. The molecular weight excluding hydrogens is 488 g/mol. The Balaban J connectivity index is 1.19. The Kier molecular flexibility index (Phi) is 5.86. The average molecular weight is 527 g/mol. The van der Waals surface area contributed by atoms with Crippen molar-refractivity contribution in [2.24, 2.45) is 52.3 Å². The molecule has 4 fully saturated rings. The summed E-state index contributed by atoms with van der Waals surface area (Å²) in [6.45, 7) is 3.45. The molecule has 0 aromatic rings. The molecule has 8 heteroatoms. The molecular formula is C30H38O8. The van der Waals surface area contributed by atoms with E-state index in [1.807, 2.05) is 19.1 Å². The summed E-state index contributed by atoms with van der Waals surface area (Å²) in [7, 11) is 0. The molecule has 6 rings (SSSR count). The first-order chi connectivity index (χ1) is 17.9. The van der Waals surface area contributed by atoms with Crippen molar-refractivity contribution in [3.8, 4) is 0 Å². The van der Waals surface area contributed by atoms with E-state index in [1.54, 1.807) is 6.08 Å². The molecule has 11 unspecified atom stereocenters. The molecule has 6 aliphatic rings. The molecule has 0 aromatic heterocycles. The van der Waals surface area contributed by atoms with Crippen molar-refractivity contribution < 1.29 is 39.2 Å². The number of allylic oxidation sites excluding steroid dienone is 3. The van der Waals surface area contributed by atoms with Crippen LogP contribution in [0.15, 0.2) is 23.8 Å². The molecule has 206 valence electrons. The Labute approximate surface area is 222 Å². The second kappa shape index (κ2) is 8.59. The molecule has 8 nitrogen and oxygen atoms in total. The van der Waals surface area contributed by atoms with Gasteiger partial charge in [-0.2, -0.15) is 0 Å². The van der Waals surface area contributed by atoms with E-state index in [-0.39, 0.29) is 53.6 Å². The van der Waals surface area contributed by atoms with E-state index in [0.717, 1.165) is 18.4 Å². The number of ether oxygens (including phenoxy) is 1. The number of aliphatic hydroxyl groups excluding tert-OH is 1. The van der Waals surface area contributed by atoms with E-state index in [2.05, 4.69) is 6.92 Å². The predicted octanol–water partition coefficient (Wildman–Crippen LogP) is 2.86. The number of ketones is 2. The van der Waals surface area contributed by atoms with Crippen molar-refractivity contribution in [1.82, 2.24) is 0 Å². The van der Waals surface area contributed by atoms with Crippen LogP contribution in [0, 0.1) is 52.3 Å². The summed E-state index contributed by atoms with van der Waals surface area (Å²) in [4.78, 5) is 50.4. The first kappa shape index (κ1) is 25.9. The summed E-state index contributed by atoms with van der Waals surface area (Å²) in [5.74, 6) is -4.09. The van der Waals surface area contributed by atoms with Crippen molar-refractivity contribution >= 4 is 23.5 Å². The SMILES string of the molecule is CC12CCC(=O)C=C1CCC1C2C(O)CC2(C)C1CCC2(O)C(=O)COC(=O)C1C2C=CC(C2)C1C(=O)O. The lowest BCUT2D eigenvalue weighted by Crippen LogP contribution is -2.62. The molecule has 0 aliphatic heterocycles. The minimum Gasteiger partial charge on any atom is -0.481 e. The second-order valence-corrected chi connectivity index (χ2v) is 13.3. The van der Waals surface area contributed by atoms with E-state index < -0.39 is 53.3 Å². The van der Waals surface area contributed by atoms with Gasteiger partial charge in [-0.25, -0.2) is 0 Å². The van der Waals surface area contributed by atoms with Gasteiger partial charge in [0.25, 0.3) is 0 Å². The van der Waals surface area contributed by atoms with Gasteiger partial charge in [-0.3, -0.25) is 19.2 Å². The quantitative estimate of drug-likeness (QED) is 0.367. The largest absolute Gasteiger partial charge is 0.481 e. The summed E-state index contributed by atoms with van der Waals surface area (Å²) in [5, 5.41) is 33.0. The summed E-state index contributed by atoms with van der Waals surface area (Å²) < 4.78 is 5.41. The zero-order valence-electron chi connectivity index (χ0n) is 22.1. The number of carbonyl (C=O) groups excluding carboxylic acids is 3. The molecule has 2 bridgehead atoms. The molecule has 0 heterocycles. The number of esters is 1. The van der Waals surface area contributed by atoms with Gasteiger partial charge in [0.1, 0.15) is 5.60 Å². The van der Waals surface area contributed by atoms with Gasteiger partial charge in [0.05, 0.1) is 17.9 Å². The van der Waals surface area contributed by atoms with Crippen molar-refractivity contribution in [1.29, 1.82) is 0 Å². The van der Waals surface area contributed by atoms with Gasteiger partial charge >= 0.3 is 11.9 Å². The Morgan fingerprint density at radius 3 is 2.47 bits per heavy atom. The van der Waals surface area contributed by atoms with Crippen LogP contribution in [0.4, 0.5) is 0 Å². The molecule has 4 saturated carbocycles. The Bertz CT molecular complexity index is 1150. The van der Waals surface area contributed by atoms with Gasteiger partial charge in [-0.15, -0.1) is 0 Å². The zero-order chi connectivity index (χ0) is 27.2. The van der Waals surface area contributed by atoms with Crippen LogP contribution < -0.4 is 0 Å². The van der Waals surface area contributed by atoms with Crippen molar-refractivity contribution in [2.45, 2.75) is 76.9 Å². The Morgan fingerprint density at radius 1 is 1.05 bits per heavy atom. The third kappa shape index (κ3) is 3.41. The number of aliphatic hydroxyl groups is 2. The third-order valence-electron chi connectivity index (χ3n) is 11.9. The topological polar surface area (TPSA) is 138 Å². The molecule has 3 N–H and O–H groups in total. The monoisotopic (exact) mass is 526 g/mol. The molecule has 6 aliphatic carbocycles. The van der Waals surface area contributed by atoms with Crippen LogP contribution >= 0.6 is 0 Å². The fraction of sp³-hybridized carbons (Fsp3) is 0.733. The Morgan fingerprint density at radius 2 is 1.76 bits per heavy atom. The molecule has 0 amide bonds. The van der Waals surface area contributed by atoms with Crippen LogP contribution in [0.25, 0.3) is 0 Å². The highest BCUT2D eigenvalue weighted by Crippen LogP contribution is 2.67. The van der Waals surface area contributed by atoms with Crippen LogP contribution in [0.3, 0.4) is 0 Å². The number of rotatable bonds is 5. The highest BCUT2D eigenvalue weighted by molar-refractivity contribution is 5.92. The molecule has 0 aromatic carbocycles. The summed E-state index contributed by atoms with van der Waals surface area (Å²) in [6.07, 6.45) is 9.31. The third-order valence-corrected chi connectivity index (χ3v) is 11.9. The number of carboxylic acids is 1. The maximum Gasteiger partial charge on any atom is 0.310 e. The van der Waals surface area contributed by atoms with Crippen LogP contribution in [0.2, 0.25) is 0 Å². The number of carbonyl (C=O) groups is 4. The Hall–Kier alpha value is -2.32. The average Bonchev–Trinajstić information content (AvgIpc) is 3.55. The van der Waals surface area contributed by atoms with E-state index in [9.17, 15) is 34.5 Å². The van der Waals surface area contributed by atoms with Crippen LogP contribution in [-0.4, -0.2) is 57.1 Å². The van der Waals surface area contributed by atoms with Crippen LogP contribution in [0.1, 0.15) is 65.2 Å². The maximum atomic E-state index is 13.5. The lowest BCUT2D eigenvalue weighted by atomic mass is 9.45. The fourth-order valence-corrected chi connectivity index (χ4v) is 9.98. The van der Waals surface area contributed by atoms with Gasteiger partial charge in [0.2, 0.25) is 5.78 Å². The lowest BCUT2D eigenvalue weighted by Gasteiger charge is -2.60. The number of hydrogen-bond donors (Lipinski definition) is 3. The minimum absolute atomic E-state index is 0.0252. The van der Waals surface area contributed by atoms with E-state index in [1.165, 1.54) is 0 Å².